The Morgan fingerprint density at radius 2 is 1.30 bits per heavy atom. The van der Waals surface area contributed by atoms with Gasteiger partial charge in [-0.05, 0) is 54.6 Å². The molecular formula is C27H18ClNO3S. The first-order chi connectivity index (χ1) is 15.9. The maximum atomic E-state index is 13.0. The van der Waals surface area contributed by atoms with E-state index in [9.17, 15) is 13.2 Å². The molecule has 0 saturated carbocycles. The van der Waals surface area contributed by atoms with E-state index in [0.717, 1.165) is 5.56 Å². The van der Waals surface area contributed by atoms with Gasteiger partial charge in [0, 0.05) is 27.3 Å². The van der Waals surface area contributed by atoms with E-state index in [-0.39, 0.29) is 21.9 Å². The Balaban J connectivity index is 1.59. The average Bonchev–Trinajstić information content (AvgIpc) is 2.85. The van der Waals surface area contributed by atoms with Gasteiger partial charge in [0.15, 0.2) is 5.78 Å². The molecule has 4 nitrogen and oxygen atoms in total. The Hall–Kier alpha value is -3.85. The Labute approximate surface area is 197 Å². The van der Waals surface area contributed by atoms with E-state index in [1.165, 1.54) is 30.3 Å². The van der Waals surface area contributed by atoms with Crippen LogP contribution in [-0.4, -0.2) is 14.2 Å². The molecule has 162 valence electrons. The van der Waals surface area contributed by atoms with Gasteiger partial charge >= 0.3 is 0 Å². The van der Waals surface area contributed by atoms with E-state index in [1.54, 1.807) is 42.5 Å². The third-order valence-corrected chi connectivity index (χ3v) is 6.41. The van der Waals surface area contributed by atoms with Crippen molar-refractivity contribution in [2.75, 3.05) is 4.72 Å². The number of anilines is 1. The van der Waals surface area contributed by atoms with Gasteiger partial charge in [-0.2, -0.15) is 0 Å². The highest BCUT2D eigenvalue weighted by Gasteiger charge is 2.20. The lowest BCUT2D eigenvalue weighted by molar-refractivity contribution is 0.103. The van der Waals surface area contributed by atoms with Crippen LogP contribution in [0.2, 0.25) is 5.02 Å². The maximum Gasteiger partial charge on any atom is 0.261 e. The van der Waals surface area contributed by atoms with E-state index in [0.29, 0.717) is 16.1 Å². The van der Waals surface area contributed by atoms with Crippen LogP contribution in [0, 0.1) is 11.8 Å². The molecule has 4 rings (SSSR count). The topological polar surface area (TPSA) is 63.2 Å². The van der Waals surface area contributed by atoms with Crippen molar-refractivity contribution in [2.45, 2.75) is 4.90 Å². The molecule has 0 aromatic heterocycles. The Bertz CT molecular complexity index is 1460. The lowest BCUT2D eigenvalue weighted by atomic mass is 10.0. The van der Waals surface area contributed by atoms with Crippen LogP contribution in [0.5, 0.6) is 0 Å². The smallest absolute Gasteiger partial charge is 0.261 e. The van der Waals surface area contributed by atoms with Crippen molar-refractivity contribution in [3.05, 3.63) is 130 Å². The number of nitrogens with one attached hydrogen (secondary N) is 1. The van der Waals surface area contributed by atoms with Crippen molar-refractivity contribution in [2.24, 2.45) is 0 Å². The molecule has 0 fully saturated rings. The molecule has 0 bridgehead atoms. The van der Waals surface area contributed by atoms with Gasteiger partial charge in [0.25, 0.3) is 10.0 Å². The minimum absolute atomic E-state index is 0.0563. The fraction of sp³-hybridized carbons (Fsp3) is 0. The molecule has 0 amide bonds. The SMILES string of the molecule is O=C(c1ccccc1)c1cc(Cl)ccc1NS(=O)(=O)c1ccc(C#Cc2ccccc2)cc1. The second-order valence-corrected chi connectivity index (χ2v) is 9.25. The van der Waals surface area contributed by atoms with Crippen LogP contribution in [-0.2, 0) is 10.0 Å². The van der Waals surface area contributed by atoms with Gasteiger partial charge in [-0.15, -0.1) is 0 Å². The molecule has 0 heterocycles. The minimum atomic E-state index is -3.94. The summed E-state index contributed by atoms with van der Waals surface area (Å²) in [5.41, 5.74) is 2.31. The summed E-state index contributed by atoms with van der Waals surface area (Å²) in [5.74, 6) is 5.72. The largest absolute Gasteiger partial charge is 0.289 e. The number of carbonyl (C=O) groups excluding carboxylic acids is 1. The van der Waals surface area contributed by atoms with Crippen LogP contribution in [0.1, 0.15) is 27.0 Å². The number of halogens is 1. The number of ketones is 1. The first-order valence-electron chi connectivity index (χ1n) is 10.0. The lowest BCUT2D eigenvalue weighted by Gasteiger charge is -2.13. The van der Waals surface area contributed by atoms with Crippen LogP contribution in [0.15, 0.2) is 108 Å². The van der Waals surface area contributed by atoms with Gasteiger partial charge in [0.1, 0.15) is 0 Å². The molecule has 0 aliphatic heterocycles. The summed E-state index contributed by atoms with van der Waals surface area (Å²) >= 11 is 6.09. The van der Waals surface area contributed by atoms with E-state index in [1.807, 2.05) is 30.3 Å². The summed E-state index contributed by atoms with van der Waals surface area (Å²) < 4.78 is 28.5. The normalized spacial score (nSPS) is 10.7. The third-order valence-electron chi connectivity index (χ3n) is 4.80. The van der Waals surface area contributed by atoms with Crippen LogP contribution in [0.4, 0.5) is 5.69 Å². The third kappa shape index (κ3) is 5.50. The minimum Gasteiger partial charge on any atom is -0.289 e. The molecule has 0 atom stereocenters. The van der Waals surface area contributed by atoms with Crippen molar-refractivity contribution < 1.29 is 13.2 Å². The molecule has 0 unspecified atom stereocenters. The molecule has 0 spiro atoms. The van der Waals surface area contributed by atoms with Crippen LogP contribution in [0.3, 0.4) is 0 Å². The number of hydrogen-bond donors (Lipinski definition) is 1. The zero-order valence-electron chi connectivity index (χ0n) is 17.3. The first-order valence-corrected chi connectivity index (χ1v) is 11.9. The maximum absolute atomic E-state index is 13.0. The summed E-state index contributed by atoms with van der Waals surface area (Å²) in [5, 5.41) is 0.332. The number of carbonyl (C=O) groups is 1. The van der Waals surface area contributed by atoms with E-state index in [4.69, 9.17) is 11.6 Å². The van der Waals surface area contributed by atoms with Crippen molar-refractivity contribution >= 4 is 33.1 Å². The molecule has 4 aromatic rings. The number of sulfonamides is 1. The van der Waals surface area contributed by atoms with Gasteiger partial charge in [0.2, 0.25) is 0 Å². The highest BCUT2D eigenvalue weighted by molar-refractivity contribution is 7.92. The molecule has 1 N–H and O–H groups in total. The van der Waals surface area contributed by atoms with Gasteiger partial charge in [-0.1, -0.05) is 72.0 Å². The second-order valence-electron chi connectivity index (χ2n) is 7.13. The molecule has 0 saturated heterocycles. The Morgan fingerprint density at radius 1 is 0.727 bits per heavy atom. The summed E-state index contributed by atoms with van der Waals surface area (Å²) in [7, 11) is -3.94. The molecule has 0 aliphatic rings. The molecule has 0 radical (unpaired) electrons. The molecule has 33 heavy (non-hydrogen) atoms. The van der Waals surface area contributed by atoms with Gasteiger partial charge < -0.3 is 0 Å². The van der Waals surface area contributed by atoms with Gasteiger partial charge in [-0.3, -0.25) is 9.52 Å². The fourth-order valence-corrected chi connectivity index (χ4v) is 4.38. The zero-order chi connectivity index (χ0) is 23.3. The molecular weight excluding hydrogens is 454 g/mol. The van der Waals surface area contributed by atoms with Crippen LogP contribution >= 0.6 is 11.6 Å². The van der Waals surface area contributed by atoms with E-state index >= 15 is 0 Å². The van der Waals surface area contributed by atoms with Crippen molar-refractivity contribution in [1.29, 1.82) is 0 Å². The highest BCUT2D eigenvalue weighted by Crippen LogP contribution is 2.26. The summed E-state index contributed by atoms with van der Waals surface area (Å²) in [4.78, 5) is 13.0. The van der Waals surface area contributed by atoms with Gasteiger partial charge in [0.05, 0.1) is 10.6 Å². The van der Waals surface area contributed by atoms with Gasteiger partial charge in [-0.25, -0.2) is 8.42 Å². The predicted molar refractivity (Wildman–Crippen MR) is 131 cm³/mol. The van der Waals surface area contributed by atoms with Crippen molar-refractivity contribution in [1.82, 2.24) is 0 Å². The monoisotopic (exact) mass is 471 g/mol. The molecule has 6 heteroatoms. The Morgan fingerprint density at radius 3 is 1.94 bits per heavy atom. The Kier molecular flexibility index (Phi) is 6.60. The summed E-state index contributed by atoms with van der Waals surface area (Å²) in [6, 6.07) is 28.8. The van der Waals surface area contributed by atoms with Crippen molar-refractivity contribution in [3.63, 3.8) is 0 Å². The molecule has 4 aromatic carbocycles. The lowest BCUT2D eigenvalue weighted by Crippen LogP contribution is -2.16. The van der Waals surface area contributed by atoms with E-state index in [2.05, 4.69) is 16.6 Å². The van der Waals surface area contributed by atoms with Crippen molar-refractivity contribution in [3.8, 4) is 11.8 Å². The average molecular weight is 472 g/mol. The first kappa shape index (κ1) is 22.3. The number of rotatable bonds is 5. The zero-order valence-corrected chi connectivity index (χ0v) is 18.9. The highest BCUT2D eigenvalue weighted by atomic mass is 35.5. The quantitative estimate of drug-likeness (QED) is 0.297. The van der Waals surface area contributed by atoms with Crippen LogP contribution < -0.4 is 4.72 Å². The second kappa shape index (κ2) is 9.74. The molecule has 0 aliphatic carbocycles. The predicted octanol–water partition coefficient (Wildman–Crippen LogP) is 5.77. The van der Waals surface area contributed by atoms with E-state index < -0.39 is 10.0 Å². The number of benzene rings is 4. The fourth-order valence-electron chi connectivity index (χ4n) is 3.13. The van der Waals surface area contributed by atoms with Crippen LogP contribution in [0.25, 0.3) is 0 Å². The standard InChI is InChI=1S/C27H18ClNO3S/c28-23-15-18-26(25(19-23)27(30)22-9-5-2-6-10-22)29-33(31,32)24-16-13-21(14-17-24)12-11-20-7-3-1-4-8-20/h1-10,13-19,29H. The summed E-state index contributed by atoms with van der Waals surface area (Å²) in [6.45, 7) is 0. The number of hydrogen-bond acceptors (Lipinski definition) is 3. The summed E-state index contributed by atoms with van der Waals surface area (Å²) in [6.07, 6.45) is 0.